The summed E-state index contributed by atoms with van der Waals surface area (Å²) in [6, 6.07) is 11.4. The van der Waals surface area contributed by atoms with Crippen molar-refractivity contribution in [2.24, 2.45) is 5.92 Å². The fraction of sp³-hybridized carbons (Fsp3) is 0.348. The van der Waals surface area contributed by atoms with E-state index in [0.29, 0.717) is 23.9 Å². The number of carbonyl (C=O) groups excluding carboxylic acids is 3. The highest BCUT2D eigenvalue weighted by Crippen LogP contribution is 2.28. The quantitative estimate of drug-likeness (QED) is 0.513. The molecule has 0 fully saturated rings. The van der Waals surface area contributed by atoms with Crippen LogP contribution in [0.3, 0.4) is 0 Å². The third-order valence-corrected chi connectivity index (χ3v) is 4.18. The van der Waals surface area contributed by atoms with Crippen LogP contribution in [0.2, 0.25) is 0 Å². The molecule has 2 rings (SSSR count). The largest absolute Gasteiger partial charge is 0.495 e. The van der Waals surface area contributed by atoms with Crippen molar-refractivity contribution >= 4 is 23.5 Å². The van der Waals surface area contributed by atoms with Gasteiger partial charge in [0.2, 0.25) is 0 Å². The number of hydrogen-bond donors (Lipinski definition) is 2. The summed E-state index contributed by atoms with van der Waals surface area (Å²) >= 11 is 0. The average molecular weight is 444 g/mol. The highest BCUT2D eigenvalue weighted by atomic mass is 16.5. The summed E-state index contributed by atoms with van der Waals surface area (Å²) in [4.78, 5) is 36.2. The van der Waals surface area contributed by atoms with Gasteiger partial charge in [0, 0.05) is 6.54 Å². The average Bonchev–Trinajstić information content (AvgIpc) is 2.79. The molecular weight excluding hydrogens is 416 g/mol. The second-order valence-electron chi connectivity index (χ2n) is 7.18. The number of amides is 2. The number of esters is 1. The molecule has 0 spiro atoms. The van der Waals surface area contributed by atoms with Crippen molar-refractivity contribution in [2.75, 3.05) is 39.3 Å². The molecule has 9 nitrogen and oxygen atoms in total. The SMILES string of the molecule is COc1ccccc1NC(=O)COc1ccc(C(=O)OCC(=O)NCC(C)C)cc1OC. The van der Waals surface area contributed by atoms with Gasteiger partial charge in [0.25, 0.3) is 11.8 Å². The first kappa shape index (κ1) is 24.5. The minimum absolute atomic E-state index is 0.185. The van der Waals surface area contributed by atoms with E-state index in [1.807, 2.05) is 13.8 Å². The van der Waals surface area contributed by atoms with Crippen LogP contribution in [0.15, 0.2) is 42.5 Å². The molecule has 0 aliphatic rings. The smallest absolute Gasteiger partial charge is 0.338 e. The molecule has 2 aromatic carbocycles. The van der Waals surface area contributed by atoms with Gasteiger partial charge in [0.1, 0.15) is 5.75 Å². The number of carbonyl (C=O) groups is 3. The van der Waals surface area contributed by atoms with Gasteiger partial charge in [-0.3, -0.25) is 9.59 Å². The van der Waals surface area contributed by atoms with E-state index < -0.39 is 11.9 Å². The first-order valence-corrected chi connectivity index (χ1v) is 10.0. The molecule has 0 atom stereocenters. The second kappa shape index (κ2) is 12.2. The molecule has 172 valence electrons. The first-order valence-electron chi connectivity index (χ1n) is 10.0. The van der Waals surface area contributed by atoms with Crippen molar-refractivity contribution in [3.8, 4) is 17.2 Å². The van der Waals surface area contributed by atoms with E-state index in [4.69, 9.17) is 18.9 Å². The lowest BCUT2D eigenvalue weighted by Gasteiger charge is -2.13. The Hall–Kier alpha value is -3.75. The van der Waals surface area contributed by atoms with E-state index in [-0.39, 0.29) is 36.2 Å². The van der Waals surface area contributed by atoms with Crippen molar-refractivity contribution in [3.63, 3.8) is 0 Å². The van der Waals surface area contributed by atoms with Crippen LogP contribution < -0.4 is 24.8 Å². The van der Waals surface area contributed by atoms with Crippen molar-refractivity contribution < 1.29 is 33.3 Å². The third-order valence-electron chi connectivity index (χ3n) is 4.18. The van der Waals surface area contributed by atoms with Gasteiger partial charge < -0.3 is 29.6 Å². The summed E-state index contributed by atoms with van der Waals surface area (Å²) in [6.07, 6.45) is 0. The van der Waals surface area contributed by atoms with E-state index >= 15 is 0 Å². The zero-order valence-electron chi connectivity index (χ0n) is 18.6. The maximum Gasteiger partial charge on any atom is 0.338 e. The number of methoxy groups -OCH3 is 2. The monoisotopic (exact) mass is 444 g/mol. The topological polar surface area (TPSA) is 112 Å². The van der Waals surface area contributed by atoms with Crippen LogP contribution in [-0.2, 0) is 14.3 Å². The van der Waals surface area contributed by atoms with Gasteiger partial charge in [-0.25, -0.2) is 4.79 Å². The summed E-state index contributed by atoms with van der Waals surface area (Å²) < 4.78 is 21.0. The van der Waals surface area contributed by atoms with Crippen LogP contribution in [0.5, 0.6) is 17.2 Å². The maximum absolute atomic E-state index is 12.2. The van der Waals surface area contributed by atoms with Gasteiger partial charge >= 0.3 is 5.97 Å². The summed E-state index contributed by atoms with van der Waals surface area (Å²) in [5, 5.41) is 5.37. The Labute approximate surface area is 187 Å². The van der Waals surface area contributed by atoms with Crippen LogP contribution >= 0.6 is 0 Å². The molecule has 0 unspecified atom stereocenters. The zero-order chi connectivity index (χ0) is 23.5. The van der Waals surface area contributed by atoms with Gasteiger partial charge in [-0.2, -0.15) is 0 Å². The Bertz CT molecular complexity index is 944. The van der Waals surface area contributed by atoms with Gasteiger partial charge in [-0.15, -0.1) is 0 Å². The van der Waals surface area contributed by atoms with E-state index in [0.717, 1.165) is 0 Å². The van der Waals surface area contributed by atoms with E-state index in [1.165, 1.54) is 32.4 Å². The molecule has 2 amide bonds. The fourth-order valence-corrected chi connectivity index (χ4v) is 2.57. The van der Waals surface area contributed by atoms with E-state index in [1.54, 1.807) is 24.3 Å². The molecule has 0 radical (unpaired) electrons. The van der Waals surface area contributed by atoms with Gasteiger partial charge in [-0.05, 0) is 36.2 Å². The first-order chi connectivity index (χ1) is 15.3. The number of anilines is 1. The lowest BCUT2D eigenvalue weighted by atomic mass is 10.2. The Morgan fingerprint density at radius 3 is 2.28 bits per heavy atom. The highest BCUT2D eigenvalue weighted by Gasteiger charge is 2.15. The summed E-state index contributed by atoms with van der Waals surface area (Å²) in [5.41, 5.74) is 0.704. The molecule has 0 saturated heterocycles. The minimum Gasteiger partial charge on any atom is -0.495 e. The highest BCUT2D eigenvalue weighted by molar-refractivity contribution is 5.94. The van der Waals surface area contributed by atoms with Gasteiger partial charge in [-0.1, -0.05) is 26.0 Å². The molecule has 0 heterocycles. The molecule has 0 aliphatic heterocycles. The lowest BCUT2D eigenvalue weighted by Crippen LogP contribution is -2.31. The molecule has 32 heavy (non-hydrogen) atoms. The Morgan fingerprint density at radius 2 is 1.59 bits per heavy atom. The number of ether oxygens (including phenoxy) is 4. The van der Waals surface area contributed by atoms with Crippen molar-refractivity contribution in [1.29, 1.82) is 0 Å². The van der Waals surface area contributed by atoms with Crippen LogP contribution in [0, 0.1) is 5.92 Å². The Kier molecular flexibility index (Phi) is 9.34. The molecule has 0 saturated carbocycles. The van der Waals surface area contributed by atoms with Crippen molar-refractivity contribution in [3.05, 3.63) is 48.0 Å². The number of para-hydroxylation sites is 2. The summed E-state index contributed by atoms with van der Waals surface area (Å²) in [7, 11) is 2.92. The molecule has 0 aromatic heterocycles. The van der Waals surface area contributed by atoms with Crippen LogP contribution in [-0.4, -0.2) is 51.8 Å². The minimum atomic E-state index is -0.677. The summed E-state index contributed by atoms with van der Waals surface area (Å²) in [5.74, 6) is -0.110. The molecule has 0 aliphatic carbocycles. The molecule has 2 N–H and O–H groups in total. The normalized spacial score (nSPS) is 10.3. The Morgan fingerprint density at radius 1 is 0.875 bits per heavy atom. The van der Waals surface area contributed by atoms with E-state index in [2.05, 4.69) is 10.6 Å². The number of benzene rings is 2. The summed E-state index contributed by atoms with van der Waals surface area (Å²) in [6.45, 7) is 3.76. The predicted octanol–water partition coefficient (Wildman–Crippen LogP) is 2.65. The lowest BCUT2D eigenvalue weighted by molar-refractivity contribution is -0.124. The fourth-order valence-electron chi connectivity index (χ4n) is 2.57. The van der Waals surface area contributed by atoms with Crippen LogP contribution in [0.25, 0.3) is 0 Å². The zero-order valence-corrected chi connectivity index (χ0v) is 18.6. The number of nitrogens with one attached hydrogen (secondary N) is 2. The number of hydrogen-bond acceptors (Lipinski definition) is 7. The second-order valence-corrected chi connectivity index (χ2v) is 7.18. The molecule has 9 heteroatoms. The van der Waals surface area contributed by atoms with Crippen molar-refractivity contribution in [1.82, 2.24) is 5.32 Å². The maximum atomic E-state index is 12.2. The molecule has 0 bridgehead atoms. The predicted molar refractivity (Wildman–Crippen MR) is 118 cm³/mol. The Balaban J connectivity index is 1.93. The van der Waals surface area contributed by atoms with Crippen LogP contribution in [0.4, 0.5) is 5.69 Å². The van der Waals surface area contributed by atoms with Crippen LogP contribution in [0.1, 0.15) is 24.2 Å². The molecule has 2 aromatic rings. The van der Waals surface area contributed by atoms with Gasteiger partial charge in [0.05, 0.1) is 25.5 Å². The molecular formula is C23H28N2O7. The third kappa shape index (κ3) is 7.50. The standard InChI is InChI=1S/C23H28N2O7/c1-15(2)12-24-21(26)13-32-23(28)16-9-10-19(20(11-16)30-4)31-14-22(27)25-17-7-5-6-8-18(17)29-3/h5-11,15H,12-14H2,1-4H3,(H,24,26)(H,25,27). The van der Waals surface area contributed by atoms with Gasteiger partial charge in [0.15, 0.2) is 24.7 Å². The number of rotatable bonds is 11. The van der Waals surface area contributed by atoms with Crippen molar-refractivity contribution in [2.45, 2.75) is 13.8 Å². The van der Waals surface area contributed by atoms with E-state index in [9.17, 15) is 14.4 Å².